The number of ether oxygens (including phenoxy) is 2. The fourth-order valence-corrected chi connectivity index (χ4v) is 4.21. The first-order valence-electron chi connectivity index (χ1n) is 8.45. The van der Waals surface area contributed by atoms with E-state index in [-0.39, 0.29) is 25.0 Å². The minimum Gasteiger partial charge on any atom is -0.455 e. The number of amides is 1. The fraction of sp³-hybridized carbons (Fsp3) is 0.389. The zero-order chi connectivity index (χ0) is 19.2. The van der Waals surface area contributed by atoms with Crippen molar-refractivity contribution >= 4 is 46.4 Å². The number of hydrogen-bond acceptors (Lipinski definition) is 6. The van der Waals surface area contributed by atoms with Crippen LogP contribution in [-0.4, -0.2) is 42.7 Å². The van der Waals surface area contributed by atoms with E-state index in [9.17, 15) is 9.59 Å². The summed E-state index contributed by atoms with van der Waals surface area (Å²) in [4.78, 5) is 28.1. The first-order chi connectivity index (χ1) is 13.0. The van der Waals surface area contributed by atoms with Gasteiger partial charge in [-0.25, -0.2) is 4.98 Å². The highest BCUT2D eigenvalue weighted by molar-refractivity contribution is 7.13. The normalized spacial score (nSPS) is 16.3. The number of thiazole rings is 1. The fourth-order valence-electron chi connectivity index (χ4n) is 2.63. The number of aromatic nitrogens is 1. The highest BCUT2D eigenvalue weighted by Crippen LogP contribution is 2.36. The summed E-state index contributed by atoms with van der Waals surface area (Å²) < 4.78 is 10.4. The summed E-state index contributed by atoms with van der Waals surface area (Å²) in [6.07, 6.45) is 1.96. The van der Waals surface area contributed by atoms with E-state index < -0.39 is 5.97 Å². The van der Waals surface area contributed by atoms with Crippen LogP contribution in [0.5, 0.6) is 0 Å². The molecule has 0 radical (unpaired) electrons. The largest absolute Gasteiger partial charge is 0.455 e. The Kier molecular flexibility index (Phi) is 7.07. The van der Waals surface area contributed by atoms with E-state index in [1.165, 1.54) is 11.3 Å². The Morgan fingerprint density at radius 1 is 1.33 bits per heavy atom. The number of carbonyl (C=O) groups is 2. The number of nitrogens with zero attached hydrogens (tertiary/aromatic N) is 1. The first-order valence-corrected chi connectivity index (χ1v) is 10.1. The van der Waals surface area contributed by atoms with Crippen molar-refractivity contribution in [1.82, 2.24) is 10.3 Å². The third-order valence-electron chi connectivity index (χ3n) is 3.97. The summed E-state index contributed by atoms with van der Waals surface area (Å²) in [6, 6.07) is 5.21. The maximum Gasteiger partial charge on any atom is 0.312 e. The molecule has 1 aliphatic rings. The highest BCUT2D eigenvalue weighted by atomic mass is 35.5. The molecule has 1 fully saturated rings. The molecule has 1 aliphatic heterocycles. The van der Waals surface area contributed by atoms with E-state index in [4.69, 9.17) is 32.7 Å². The number of rotatable bonds is 7. The van der Waals surface area contributed by atoms with Crippen LogP contribution in [0.1, 0.15) is 18.5 Å². The van der Waals surface area contributed by atoms with Crippen LogP contribution in [0, 0.1) is 0 Å². The zero-order valence-corrected chi connectivity index (χ0v) is 16.7. The average Bonchev–Trinajstić information content (AvgIpc) is 3.30. The number of esters is 1. The Bertz CT molecular complexity index is 801. The van der Waals surface area contributed by atoms with Crippen LogP contribution < -0.4 is 5.32 Å². The molecule has 3 rings (SSSR count). The summed E-state index contributed by atoms with van der Waals surface area (Å²) >= 11 is 13.7. The molecule has 1 amide bonds. The van der Waals surface area contributed by atoms with Gasteiger partial charge in [0.2, 0.25) is 0 Å². The third-order valence-corrected chi connectivity index (χ3v) is 5.51. The second-order valence-corrected chi connectivity index (χ2v) is 7.69. The minimum atomic E-state index is -0.524. The Hall–Kier alpha value is -1.67. The molecule has 1 atom stereocenters. The quantitative estimate of drug-likeness (QED) is 0.682. The molecule has 27 heavy (non-hydrogen) atoms. The van der Waals surface area contributed by atoms with Crippen molar-refractivity contribution < 1.29 is 19.1 Å². The van der Waals surface area contributed by atoms with Crippen molar-refractivity contribution in [2.45, 2.75) is 25.4 Å². The second kappa shape index (κ2) is 9.50. The van der Waals surface area contributed by atoms with E-state index in [0.29, 0.717) is 32.9 Å². The molecule has 0 saturated carbocycles. The standard InChI is InChI=1S/C18H18Cl2N2O4S/c19-13-4-1-5-14(20)17(13)18-22-11(10-27-18)7-16(24)26-9-15(23)21-8-12-3-2-6-25-12/h1,4-5,10,12H,2-3,6-9H2,(H,21,23)/t12-/m0/s1. The van der Waals surface area contributed by atoms with Crippen LogP contribution in [0.4, 0.5) is 0 Å². The summed E-state index contributed by atoms with van der Waals surface area (Å²) in [6.45, 7) is 0.841. The van der Waals surface area contributed by atoms with Gasteiger partial charge in [-0.05, 0) is 25.0 Å². The second-order valence-electron chi connectivity index (χ2n) is 6.02. The van der Waals surface area contributed by atoms with Crippen molar-refractivity contribution in [3.05, 3.63) is 39.3 Å². The monoisotopic (exact) mass is 428 g/mol. The lowest BCUT2D eigenvalue weighted by Gasteiger charge is -2.10. The van der Waals surface area contributed by atoms with Gasteiger partial charge >= 0.3 is 5.97 Å². The molecule has 0 aliphatic carbocycles. The van der Waals surface area contributed by atoms with Crippen LogP contribution >= 0.6 is 34.5 Å². The summed E-state index contributed by atoms with van der Waals surface area (Å²) in [5.74, 6) is -0.870. The molecule has 144 valence electrons. The summed E-state index contributed by atoms with van der Waals surface area (Å²) in [5.41, 5.74) is 1.18. The van der Waals surface area contributed by atoms with Crippen molar-refractivity contribution in [3.8, 4) is 10.6 Å². The van der Waals surface area contributed by atoms with Gasteiger partial charge in [0.15, 0.2) is 6.61 Å². The van der Waals surface area contributed by atoms with E-state index in [1.807, 2.05) is 0 Å². The highest BCUT2D eigenvalue weighted by Gasteiger charge is 2.18. The van der Waals surface area contributed by atoms with Gasteiger partial charge in [0, 0.05) is 24.1 Å². The summed E-state index contributed by atoms with van der Waals surface area (Å²) in [5, 5.41) is 6.06. The van der Waals surface area contributed by atoms with Crippen LogP contribution in [0.15, 0.2) is 23.6 Å². The van der Waals surface area contributed by atoms with Gasteiger partial charge in [0.05, 0.1) is 28.3 Å². The van der Waals surface area contributed by atoms with Crippen LogP contribution in [0.2, 0.25) is 10.0 Å². The molecule has 6 nitrogen and oxygen atoms in total. The molecular formula is C18H18Cl2N2O4S. The molecular weight excluding hydrogens is 411 g/mol. The van der Waals surface area contributed by atoms with Crippen molar-refractivity contribution in [1.29, 1.82) is 0 Å². The van der Waals surface area contributed by atoms with Gasteiger partial charge in [-0.3, -0.25) is 9.59 Å². The van der Waals surface area contributed by atoms with E-state index in [0.717, 1.165) is 19.4 Å². The van der Waals surface area contributed by atoms with Gasteiger partial charge < -0.3 is 14.8 Å². The number of nitrogens with one attached hydrogen (secondary N) is 1. The van der Waals surface area contributed by atoms with Crippen LogP contribution in [-0.2, 0) is 25.5 Å². The van der Waals surface area contributed by atoms with E-state index in [1.54, 1.807) is 23.6 Å². The van der Waals surface area contributed by atoms with Gasteiger partial charge in [0.1, 0.15) is 5.01 Å². The number of hydrogen-bond donors (Lipinski definition) is 1. The number of halogens is 2. The van der Waals surface area contributed by atoms with E-state index >= 15 is 0 Å². The number of benzene rings is 1. The molecule has 2 heterocycles. The Labute approximate surface area is 170 Å². The van der Waals surface area contributed by atoms with Crippen molar-refractivity contribution in [2.75, 3.05) is 19.8 Å². The lowest BCUT2D eigenvalue weighted by molar-refractivity contribution is -0.148. The predicted molar refractivity (Wildman–Crippen MR) is 104 cm³/mol. The molecule has 0 spiro atoms. The maximum absolute atomic E-state index is 11.9. The SMILES string of the molecule is O=C(COC(=O)Cc1csc(-c2c(Cl)cccc2Cl)n1)NC[C@@H]1CCCO1. The Morgan fingerprint density at radius 2 is 2.11 bits per heavy atom. The van der Waals surface area contributed by atoms with Crippen LogP contribution in [0.25, 0.3) is 10.6 Å². The molecule has 1 aromatic heterocycles. The molecule has 1 aromatic carbocycles. The molecule has 0 bridgehead atoms. The number of carbonyl (C=O) groups excluding carboxylic acids is 2. The average molecular weight is 429 g/mol. The third kappa shape index (κ3) is 5.65. The van der Waals surface area contributed by atoms with Crippen molar-refractivity contribution in [2.24, 2.45) is 0 Å². The Morgan fingerprint density at radius 3 is 2.81 bits per heavy atom. The lowest BCUT2D eigenvalue weighted by atomic mass is 10.2. The van der Waals surface area contributed by atoms with Gasteiger partial charge in [0.25, 0.3) is 5.91 Å². The molecule has 1 N–H and O–H groups in total. The van der Waals surface area contributed by atoms with Gasteiger partial charge in [-0.1, -0.05) is 29.3 Å². The zero-order valence-electron chi connectivity index (χ0n) is 14.4. The molecule has 2 aromatic rings. The smallest absolute Gasteiger partial charge is 0.312 e. The van der Waals surface area contributed by atoms with Gasteiger partial charge in [-0.2, -0.15) is 0 Å². The summed E-state index contributed by atoms with van der Waals surface area (Å²) in [7, 11) is 0. The molecule has 0 unspecified atom stereocenters. The molecule has 1 saturated heterocycles. The van der Waals surface area contributed by atoms with E-state index in [2.05, 4.69) is 10.3 Å². The lowest BCUT2D eigenvalue weighted by Crippen LogP contribution is -2.35. The molecule has 9 heteroatoms. The first kappa shape index (κ1) is 20.1. The van der Waals surface area contributed by atoms with Crippen molar-refractivity contribution in [3.63, 3.8) is 0 Å². The minimum absolute atomic E-state index is 0.0302. The van der Waals surface area contributed by atoms with Crippen LogP contribution in [0.3, 0.4) is 0 Å². The maximum atomic E-state index is 11.9. The predicted octanol–water partition coefficient (Wildman–Crippen LogP) is 3.50. The Balaban J connectivity index is 1.47. The topological polar surface area (TPSA) is 77.5 Å². The van der Waals surface area contributed by atoms with Gasteiger partial charge in [-0.15, -0.1) is 11.3 Å².